The Balaban J connectivity index is 2.63. The van der Waals surface area contributed by atoms with Gasteiger partial charge in [0.25, 0.3) is 0 Å². The smallest absolute Gasteiger partial charge is 0.146 e. The number of rotatable bonds is 3. The van der Waals surface area contributed by atoms with Gasteiger partial charge in [-0.15, -0.1) is 0 Å². The first-order valence-electron chi connectivity index (χ1n) is 3.08. The SMILES string of the molecule is C=CNNc1cccc(Cl)n1. The van der Waals surface area contributed by atoms with Crippen LogP contribution >= 0.6 is 11.6 Å². The molecule has 0 fully saturated rings. The topological polar surface area (TPSA) is 37.0 Å². The van der Waals surface area contributed by atoms with Crippen LogP contribution in [0.1, 0.15) is 0 Å². The lowest BCUT2D eigenvalue weighted by atomic mass is 10.5. The Kier molecular flexibility index (Phi) is 2.74. The van der Waals surface area contributed by atoms with Crippen molar-refractivity contribution in [1.29, 1.82) is 0 Å². The summed E-state index contributed by atoms with van der Waals surface area (Å²) in [5.74, 6) is 0.664. The van der Waals surface area contributed by atoms with E-state index in [1.54, 1.807) is 12.1 Å². The molecule has 1 aromatic rings. The molecule has 4 heteroatoms. The number of hydrogen-bond donors (Lipinski definition) is 2. The fraction of sp³-hybridized carbons (Fsp3) is 0. The second kappa shape index (κ2) is 3.83. The molecular weight excluding hydrogens is 162 g/mol. The van der Waals surface area contributed by atoms with Crippen molar-refractivity contribution in [1.82, 2.24) is 10.4 Å². The van der Waals surface area contributed by atoms with Crippen molar-refractivity contribution in [2.75, 3.05) is 5.43 Å². The predicted molar refractivity (Wildman–Crippen MR) is 46.2 cm³/mol. The van der Waals surface area contributed by atoms with E-state index in [0.29, 0.717) is 11.0 Å². The van der Waals surface area contributed by atoms with Crippen LogP contribution in [0.25, 0.3) is 0 Å². The van der Waals surface area contributed by atoms with Gasteiger partial charge in [-0.2, -0.15) is 0 Å². The Morgan fingerprint density at radius 2 is 2.36 bits per heavy atom. The zero-order valence-electron chi connectivity index (χ0n) is 5.84. The fourth-order valence-corrected chi connectivity index (χ4v) is 0.767. The van der Waals surface area contributed by atoms with E-state index in [4.69, 9.17) is 11.6 Å². The lowest BCUT2D eigenvalue weighted by molar-refractivity contribution is 1.03. The summed E-state index contributed by atoms with van der Waals surface area (Å²) in [5.41, 5.74) is 5.46. The van der Waals surface area contributed by atoms with E-state index >= 15 is 0 Å². The van der Waals surface area contributed by atoms with Gasteiger partial charge in [-0.05, 0) is 12.1 Å². The van der Waals surface area contributed by atoms with Crippen molar-refractivity contribution < 1.29 is 0 Å². The maximum absolute atomic E-state index is 5.62. The minimum absolute atomic E-state index is 0.459. The lowest BCUT2D eigenvalue weighted by Gasteiger charge is -2.02. The number of hydrazine groups is 1. The van der Waals surface area contributed by atoms with E-state index in [9.17, 15) is 0 Å². The average molecular weight is 170 g/mol. The highest BCUT2D eigenvalue weighted by Gasteiger charge is 1.90. The maximum atomic E-state index is 5.62. The van der Waals surface area contributed by atoms with Gasteiger partial charge in [0.1, 0.15) is 11.0 Å². The third-order valence-electron chi connectivity index (χ3n) is 1.02. The van der Waals surface area contributed by atoms with Crippen LogP contribution in [-0.4, -0.2) is 4.98 Å². The Morgan fingerprint density at radius 3 is 3.00 bits per heavy atom. The Morgan fingerprint density at radius 1 is 1.55 bits per heavy atom. The van der Waals surface area contributed by atoms with Crippen molar-refractivity contribution in [3.63, 3.8) is 0 Å². The van der Waals surface area contributed by atoms with Gasteiger partial charge in [-0.1, -0.05) is 24.2 Å². The third kappa shape index (κ3) is 2.47. The van der Waals surface area contributed by atoms with E-state index in [1.165, 1.54) is 6.20 Å². The number of halogens is 1. The van der Waals surface area contributed by atoms with Crippen molar-refractivity contribution in [2.45, 2.75) is 0 Å². The molecule has 0 saturated carbocycles. The van der Waals surface area contributed by atoms with Crippen LogP contribution in [0.4, 0.5) is 5.82 Å². The number of nitrogens with zero attached hydrogens (tertiary/aromatic N) is 1. The second-order valence-electron chi connectivity index (χ2n) is 1.82. The molecule has 0 amide bonds. The quantitative estimate of drug-likeness (QED) is 0.535. The predicted octanol–water partition coefficient (Wildman–Crippen LogP) is 1.79. The van der Waals surface area contributed by atoms with Gasteiger partial charge in [-0.25, -0.2) is 4.98 Å². The summed E-state index contributed by atoms with van der Waals surface area (Å²) in [6, 6.07) is 5.31. The molecule has 0 unspecified atom stereocenters. The number of hydrogen-bond acceptors (Lipinski definition) is 3. The molecule has 2 N–H and O–H groups in total. The summed E-state index contributed by atoms with van der Waals surface area (Å²) >= 11 is 5.62. The van der Waals surface area contributed by atoms with Gasteiger partial charge in [0.15, 0.2) is 0 Å². The molecule has 0 aromatic carbocycles. The van der Waals surface area contributed by atoms with Gasteiger partial charge in [0, 0.05) is 6.20 Å². The van der Waals surface area contributed by atoms with Crippen LogP contribution in [-0.2, 0) is 0 Å². The van der Waals surface area contributed by atoms with Gasteiger partial charge in [0.05, 0.1) is 0 Å². The van der Waals surface area contributed by atoms with Gasteiger partial charge in [0.2, 0.25) is 0 Å². The van der Waals surface area contributed by atoms with Crippen molar-refractivity contribution >= 4 is 17.4 Å². The number of aromatic nitrogens is 1. The van der Waals surface area contributed by atoms with Crippen LogP contribution in [0.3, 0.4) is 0 Å². The van der Waals surface area contributed by atoms with Crippen LogP contribution in [0, 0.1) is 0 Å². The monoisotopic (exact) mass is 169 g/mol. The molecule has 1 rings (SSSR count). The molecular formula is C7H8ClN3. The van der Waals surface area contributed by atoms with E-state index in [1.807, 2.05) is 6.07 Å². The normalized spacial score (nSPS) is 8.82. The molecule has 1 aromatic heterocycles. The molecule has 1 heterocycles. The summed E-state index contributed by atoms with van der Waals surface area (Å²) in [6.45, 7) is 3.46. The molecule has 0 aliphatic rings. The molecule has 3 nitrogen and oxygen atoms in total. The summed E-state index contributed by atoms with van der Waals surface area (Å²) in [4.78, 5) is 3.95. The third-order valence-corrected chi connectivity index (χ3v) is 1.23. The second-order valence-corrected chi connectivity index (χ2v) is 2.21. The van der Waals surface area contributed by atoms with Crippen LogP contribution in [0.2, 0.25) is 5.15 Å². The molecule has 0 aliphatic carbocycles. The Bertz CT molecular complexity index is 249. The highest BCUT2D eigenvalue weighted by Crippen LogP contribution is 2.07. The lowest BCUT2D eigenvalue weighted by Crippen LogP contribution is -2.14. The summed E-state index contributed by atoms with van der Waals surface area (Å²) in [6.07, 6.45) is 1.52. The average Bonchev–Trinajstić information content (AvgIpc) is 2.01. The van der Waals surface area contributed by atoms with Gasteiger partial charge < -0.3 is 5.43 Å². The molecule has 58 valence electrons. The fourth-order valence-electron chi connectivity index (χ4n) is 0.603. The minimum Gasteiger partial charge on any atom is -0.308 e. The highest BCUT2D eigenvalue weighted by molar-refractivity contribution is 6.29. The van der Waals surface area contributed by atoms with Crippen molar-refractivity contribution in [3.8, 4) is 0 Å². The van der Waals surface area contributed by atoms with E-state index < -0.39 is 0 Å². The van der Waals surface area contributed by atoms with E-state index in [-0.39, 0.29) is 0 Å². The first kappa shape index (κ1) is 7.88. The number of anilines is 1. The van der Waals surface area contributed by atoms with E-state index in [2.05, 4.69) is 22.4 Å². The zero-order chi connectivity index (χ0) is 8.10. The summed E-state index contributed by atoms with van der Waals surface area (Å²) < 4.78 is 0. The summed E-state index contributed by atoms with van der Waals surface area (Å²) in [5, 5.41) is 0.459. The van der Waals surface area contributed by atoms with Crippen LogP contribution < -0.4 is 10.9 Å². The number of nitrogens with one attached hydrogen (secondary N) is 2. The number of pyridine rings is 1. The van der Waals surface area contributed by atoms with Gasteiger partial charge >= 0.3 is 0 Å². The Labute approximate surface area is 70.1 Å². The molecule has 0 aliphatic heterocycles. The van der Waals surface area contributed by atoms with Crippen LogP contribution in [0.5, 0.6) is 0 Å². The van der Waals surface area contributed by atoms with Crippen molar-refractivity contribution in [3.05, 3.63) is 36.1 Å². The largest absolute Gasteiger partial charge is 0.308 e. The highest BCUT2D eigenvalue weighted by atomic mass is 35.5. The molecule has 0 radical (unpaired) electrons. The minimum atomic E-state index is 0.459. The first-order valence-corrected chi connectivity index (χ1v) is 3.46. The van der Waals surface area contributed by atoms with Crippen LogP contribution in [0.15, 0.2) is 31.0 Å². The standard InChI is InChI=1S/C7H8ClN3/c1-2-9-11-7-5-3-4-6(8)10-7/h2-5,9H,1H2,(H,10,11). The Hall–Kier alpha value is -1.22. The first-order chi connectivity index (χ1) is 5.33. The molecule has 0 saturated heterocycles. The molecule has 11 heavy (non-hydrogen) atoms. The van der Waals surface area contributed by atoms with Gasteiger partial charge in [-0.3, -0.25) is 5.43 Å². The van der Waals surface area contributed by atoms with Crippen molar-refractivity contribution in [2.24, 2.45) is 0 Å². The summed E-state index contributed by atoms with van der Waals surface area (Å²) in [7, 11) is 0. The molecule has 0 bridgehead atoms. The molecule has 0 spiro atoms. The zero-order valence-corrected chi connectivity index (χ0v) is 6.60. The van der Waals surface area contributed by atoms with E-state index in [0.717, 1.165) is 0 Å². The molecule has 0 atom stereocenters. The maximum Gasteiger partial charge on any atom is 0.146 e.